The number of nitrogens with zero attached hydrogens (tertiary/aromatic N) is 2. The highest BCUT2D eigenvalue weighted by Gasteiger charge is 2.35. The van der Waals surface area contributed by atoms with Gasteiger partial charge in [-0.1, -0.05) is 13.3 Å². The lowest BCUT2D eigenvalue weighted by Gasteiger charge is -2.12. The van der Waals surface area contributed by atoms with Gasteiger partial charge in [0.15, 0.2) is 0 Å². The van der Waals surface area contributed by atoms with Gasteiger partial charge < -0.3 is 5.32 Å². The van der Waals surface area contributed by atoms with Crippen molar-refractivity contribution in [1.29, 1.82) is 0 Å². The Morgan fingerprint density at radius 3 is 2.70 bits per heavy atom. The number of aromatic amines is 1. The van der Waals surface area contributed by atoms with E-state index in [4.69, 9.17) is 0 Å². The van der Waals surface area contributed by atoms with Crippen LogP contribution in [0.5, 0.6) is 0 Å². The zero-order valence-corrected chi connectivity index (χ0v) is 12.6. The molecule has 1 aromatic carbocycles. The number of hydrogen-bond donors (Lipinski definition) is 2. The number of rotatable bonds is 5. The molecular formula is C16H16N4O3. The number of imide groups is 1. The first kappa shape index (κ1) is 15.0. The number of H-pyrrole nitrogens is 1. The molecule has 7 heteroatoms. The van der Waals surface area contributed by atoms with E-state index in [0.717, 1.165) is 12.8 Å². The molecule has 0 saturated heterocycles. The van der Waals surface area contributed by atoms with Crippen LogP contribution in [0.2, 0.25) is 0 Å². The first-order chi connectivity index (χ1) is 11.1. The second-order valence-electron chi connectivity index (χ2n) is 5.30. The van der Waals surface area contributed by atoms with Crippen LogP contribution in [0.1, 0.15) is 50.8 Å². The number of carbonyl (C=O) groups is 3. The van der Waals surface area contributed by atoms with Crippen LogP contribution in [0.25, 0.3) is 0 Å². The summed E-state index contributed by atoms with van der Waals surface area (Å²) in [5.74, 6) is -0.541. The molecule has 0 saturated carbocycles. The van der Waals surface area contributed by atoms with Gasteiger partial charge in [-0.05, 0) is 24.6 Å². The summed E-state index contributed by atoms with van der Waals surface area (Å²) in [5, 5.41) is 9.00. The van der Waals surface area contributed by atoms with Crippen molar-refractivity contribution in [1.82, 2.24) is 15.1 Å². The van der Waals surface area contributed by atoms with Gasteiger partial charge in [-0.3, -0.25) is 24.4 Å². The summed E-state index contributed by atoms with van der Waals surface area (Å²) in [5.41, 5.74) is 0.949. The molecule has 0 unspecified atom stereocenters. The monoisotopic (exact) mass is 312 g/mol. The average Bonchev–Trinajstić information content (AvgIpc) is 3.14. The first-order valence-corrected chi connectivity index (χ1v) is 7.42. The Labute approximate surface area is 132 Å². The lowest BCUT2D eigenvalue weighted by molar-refractivity contribution is 0.0652. The van der Waals surface area contributed by atoms with Crippen molar-refractivity contribution in [2.45, 2.75) is 19.8 Å². The van der Waals surface area contributed by atoms with Crippen LogP contribution >= 0.6 is 0 Å². The summed E-state index contributed by atoms with van der Waals surface area (Å²) in [6.45, 7) is 2.40. The number of fused-ring (bicyclic) bond motifs is 1. The van der Waals surface area contributed by atoms with Crippen LogP contribution in [0.4, 0.5) is 5.82 Å². The number of anilines is 1. The standard InChI is InChI=1S/C16H16N4O3/c1-2-3-8-20-15(22)11-5-4-10(9-12(11)16(20)23)14(21)18-13-6-7-17-19-13/h4-7,9H,2-3,8H2,1H3,(H2,17,18,19,21). The van der Waals surface area contributed by atoms with Gasteiger partial charge >= 0.3 is 0 Å². The number of benzene rings is 1. The van der Waals surface area contributed by atoms with E-state index in [0.29, 0.717) is 23.5 Å². The van der Waals surface area contributed by atoms with Gasteiger partial charge in [-0.25, -0.2) is 0 Å². The summed E-state index contributed by atoms with van der Waals surface area (Å²) in [6, 6.07) is 6.15. The van der Waals surface area contributed by atoms with Crippen LogP contribution in [-0.2, 0) is 0 Å². The van der Waals surface area contributed by atoms with Crippen molar-refractivity contribution in [2.24, 2.45) is 0 Å². The lowest BCUT2D eigenvalue weighted by Crippen LogP contribution is -2.30. The van der Waals surface area contributed by atoms with Gasteiger partial charge in [0.05, 0.1) is 17.3 Å². The molecule has 0 aliphatic carbocycles. The van der Waals surface area contributed by atoms with Gasteiger partial charge in [0.1, 0.15) is 5.82 Å². The fourth-order valence-electron chi connectivity index (χ4n) is 2.47. The third-order valence-electron chi connectivity index (χ3n) is 3.72. The Kier molecular flexibility index (Phi) is 3.92. The van der Waals surface area contributed by atoms with Crippen LogP contribution in [0.15, 0.2) is 30.5 Å². The molecule has 1 aliphatic heterocycles. The molecule has 0 fully saturated rings. The van der Waals surface area contributed by atoms with E-state index in [1.807, 2.05) is 6.92 Å². The smallest absolute Gasteiger partial charge is 0.261 e. The number of hydrogen-bond acceptors (Lipinski definition) is 4. The van der Waals surface area contributed by atoms with E-state index < -0.39 is 0 Å². The number of aromatic nitrogens is 2. The van der Waals surface area contributed by atoms with Gasteiger partial charge in [0.2, 0.25) is 0 Å². The Bertz CT molecular complexity index is 768. The molecule has 0 atom stereocenters. The highest BCUT2D eigenvalue weighted by molar-refractivity contribution is 6.22. The number of carbonyl (C=O) groups excluding carboxylic acids is 3. The van der Waals surface area contributed by atoms with E-state index in [1.54, 1.807) is 12.1 Å². The number of unbranched alkanes of at least 4 members (excludes halogenated alkanes) is 1. The minimum atomic E-state index is -0.371. The van der Waals surface area contributed by atoms with Gasteiger partial charge in [0.25, 0.3) is 17.7 Å². The first-order valence-electron chi connectivity index (χ1n) is 7.42. The quantitative estimate of drug-likeness (QED) is 0.826. The topological polar surface area (TPSA) is 95.2 Å². The zero-order valence-electron chi connectivity index (χ0n) is 12.6. The van der Waals surface area contributed by atoms with Gasteiger partial charge in [-0.2, -0.15) is 5.10 Å². The molecule has 118 valence electrons. The second-order valence-corrected chi connectivity index (χ2v) is 5.30. The van der Waals surface area contributed by atoms with Gasteiger partial charge in [0, 0.05) is 18.2 Å². The summed E-state index contributed by atoms with van der Waals surface area (Å²) in [7, 11) is 0. The Hall–Kier alpha value is -2.96. The number of nitrogens with one attached hydrogen (secondary N) is 2. The SMILES string of the molecule is CCCCN1C(=O)c2ccc(C(=O)Nc3ccn[nH]3)cc2C1=O. The van der Waals surface area contributed by atoms with Crippen LogP contribution in [0.3, 0.4) is 0 Å². The van der Waals surface area contributed by atoms with Crippen molar-refractivity contribution in [2.75, 3.05) is 11.9 Å². The van der Waals surface area contributed by atoms with Crippen molar-refractivity contribution < 1.29 is 14.4 Å². The summed E-state index contributed by atoms with van der Waals surface area (Å²) in [4.78, 5) is 38.0. The fourth-order valence-corrected chi connectivity index (χ4v) is 2.47. The fraction of sp³-hybridized carbons (Fsp3) is 0.250. The van der Waals surface area contributed by atoms with E-state index in [1.165, 1.54) is 23.2 Å². The minimum absolute atomic E-state index is 0.281. The maximum atomic E-state index is 12.4. The highest BCUT2D eigenvalue weighted by atomic mass is 16.2. The number of amides is 3. The third kappa shape index (κ3) is 2.73. The molecule has 0 bridgehead atoms. The Morgan fingerprint density at radius 1 is 1.22 bits per heavy atom. The normalized spacial score (nSPS) is 13.3. The molecule has 7 nitrogen and oxygen atoms in total. The second kappa shape index (κ2) is 6.04. The molecule has 0 spiro atoms. The molecule has 23 heavy (non-hydrogen) atoms. The van der Waals surface area contributed by atoms with Gasteiger partial charge in [-0.15, -0.1) is 0 Å². The minimum Gasteiger partial charge on any atom is -0.307 e. The molecule has 0 radical (unpaired) electrons. The van der Waals surface area contributed by atoms with E-state index in [2.05, 4.69) is 15.5 Å². The molecule has 2 heterocycles. The van der Waals surface area contributed by atoms with Crippen LogP contribution in [-0.4, -0.2) is 39.4 Å². The molecule has 2 aromatic rings. The highest BCUT2D eigenvalue weighted by Crippen LogP contribution is 2.24. The predicted molar refractivity (Wildman–Crippen MR) is 83.3 cm³/mol. The van der Waals surface area contributed by atoms with Crippen molar-refractivity contribution in [3.05, 3.63) is 47.2 Å². The Morgan fingerprint density at radius 2 is 2.00 bits per heavy atom. The van der Waals surface area contributed by atoms with E-state index in [-0.39, 0.29) is 23.3 Å². The molecule has 3 rings (SSSR count). The third-order valence-corrected chi connectivity index (χ3v) is 3.72. The van der Waals surface area contributed by atoms with Crippen molar-refractivity contribution >= 4 is 23.5 Å². The average molecular weight is 312 g/mol. The largest absolute Gasteiger partial charge is 0.307 e. The van der Waals surface area contributed by atoms with Crippen molar-refractivity contribution in [3.8, 4) is 0 Å². The molecule has 2 N–H and O–H groups in total. The predicted octanol–water partition coefficient (Wildman–Crippen LogP) is 2.06. The zero-order chi connectivity index (χ0) is 16.4. The summed E-state index contributed by atoms with van der Waals surface area (Å²) >= 11 is 0. The van der Waals surface area contributed by atoms with Crippen molar-refractivity contribution in [3.63, 3.8) is 0 Å². The summed E-state index contributed by atoms with van der Waals surface area (Å²) < 4.78 is 0. The maximum absolute atomic E-state index is 12.4. The maximum Gasteiger partial charge on any atom is 0.261 e. The molecular weight excluding hydrogens is 296 g/mol. The molecule has 1 aromatic heterocycles. The van der Waals surface area contributed by atoms with Crippen LogP contribution < -0.4 is 5.32 Å². The Balaban J connectivity index is 1.84. The lowest BCUT2D eigenvalue weighted by atomic mass is 10.1. The molecule has 3 amide bonds. The van der Waals surface area contributed by atoms with E-state index >= 15 is 0 Å². The van der Waals surface area contributed by atoms with Crippen LogP contribution in [0, 0.1) is 0 Å². The van der Waals surface area contributed by atoms with E-state index in [9.17, 15) is 14.4 Å². The summed E-state index contributed by atoms with van der Waals surface area (Å²) in [6.07, 6.45) is 3.18. The molecule has 1 aliphatic rings.